The second kappa shape index (κ2) is 6.39. The Morgan fingerprint density at radius 3 is 2.77 bits per heavy atom. The van der Waals surface area contributed by atoms with Crippen LogP contribution in [0.25, 0.3) is 5.69 Å². The minimum Gasteiger partial charge on any atom is -0.333 e. The molecule has 1 aliphatic carbocycles. The molecule has 4 aliphatic rings. The number of piperidine rings is 1. The third-order valence-corrected chi connectivity index (χ3v) is 6.34. The van der Waals surface area contributed by atoms with Crippen LogP contribution in [-0.2, 0) is 12.8 Å². The molecule has 136 valence electrons. The number of nitrogens with zero attached hydrogens (tertiary/aromatic N) is 4. The number of benzene rings is 1. The molecule has 2 aromatic rings. The minimum absolute atomic E-state index is 0.123. The highest BCUT2D eigenvalue weighted by atomic mass is 35.5. The van der Waals surface area contributed by atoms with Gasteiger partial charge in [0.1, 0.15) is 0 Å². The molecule has 0 unspecified atom stereocenters. The molecule has 26 heavy (non-hydrogen) atoms. The zero-order valence-corrected chi connectivity index (χ0v) is 15.6. The lowest BCUT2D eigenvalue weighted by atomic mass is 10.0. The van der Waals surface area contributed by atoms with Crippen molar-refractivity contribution >= 4 is 17.5 Å². The first-order valence-electron chi connectivity index (χ1n) is 9.61. The van der Waals surface area contributed by atoms with Crippen LogP contribution in [0.4, 0.5) is 0 Å². The van der Waals surface area contributed by atoms with Crippen LogP contribution >= 0.6 is 11.6 Å². The molecule has 3 aliphatic heterocycles. The molecule has 1 amide bonds. The number of hydrogen-bond donors (Lipinski definition) is 0. The summed E-state index contributed by atoms with van der Waals surface area (Å²) in [5.74, 6) is 0.123. The van der Waals surface area contributed by atoms with Crippen LogP contribution in [0.15, 0.2) is 24.3 Å². The summed E-state index contributed by atoms with van der Waals surface area (Å²) in [7, 11) is 0. The Morgan fingerprint density at radius 2 is 1.96 bits per heavy atom. The topological polar surface area (TPSA) is 41.4 Å². The van der Waals surface area contributed by atoms with Crippen molar-refractivity contribution in [1.82, 2.24) is 19.6 Å². The van der Waals surface area contributed by atoms with E-state index in [0.29, 0.717) is 16.8 Å². The monoisotopic (exact) mass is 370 g/mol. The van der Waals surface area contributed by atoms with Gasteiger partial charge in [0, 0.05) is 48.5 Å². The maximum atomic E-state index is 13.4. The smallest absolute Gasteiger partial charge is 0.274 e. The molecule has 0 atom stereocenters. The summed E-state index contributed by atoms with van der Waals surface area (Å²) >= 11 is 6.18. The number of rotatable bonds is 2. The molecule has 6 heteroatoms. The third kappa shape index (κ3) is 2.65. The van der Waals surface area contributed by atoms with E-state index in [-0.39, 0.29) is 5.91 Å². The van der Waals surface area contributed by atoms with Gasteiger partial charge in [-0.3, -0.25) is 4.79 Å². The number of carbonyl (C=O) groups excluding carboxylic acids is 1. The van der Waals surface area contributed by atoms with Crippen molar-refractivity contribution in [3.8, 4) is 5.69 Å². The molecule has 3 fully saturated rings. The van der Waals surface area contributed by atoms with E-state index in [9.17, 15) is 4.79 Å². The summed E-state index contributed by atoms with van der Waals surface area (Å²) in [5.41, 5.74) is 3.93. The lowest BCUT2D eigenvalue weighted by molar-refractivity contribution is 0.0677. The van der Waals surface area contributed by atoms with Gasteiger partial charge in [-0.2, -0.15) is 5.10 Å². The Bertz CT molecular complexity index is 853. The van der Waals surface area contributed by atoms with Gasteiger partial charge >= 0.3 is 0 Å². The standard InChI is InChI=1S/C20H23ClN4O/c21-14-3-1-4-16(13-14)25-18-6-2-5-17(18)19(22-25)20(26)24-12-11-23-9-7-15(24)8-10-23/h1,3-4,13,15H,2,5-12H2. The van der Waals surface area contributed by atoms with E-state index in [4.69, 9.17) is 16.7 Å². The zero-order chi connectivity index (χ0) is 17.7. The van der Waals surface area contributed by atoms with Gasteiger partial charge in [0.15, 0.2) is 5.69 Å². The molecule has 1 aromatic heterocycles. The van der Waals surface area contributed by atoms with Gasteiger partial charge in [-0.25, -0.2) is 4.68 Å². The molecule has 2 bridgehead atoms. The van der Waals surface area contributed by atoms with Gasteiger partial charge in [0.25, 0.3) is 5.91 Å². The van der Waals surface area contributed by atoms with Crippen molar-refractivity contribution in [2.45, 2.75) is 38.1 Å². The van der Waals surface area contributed by atoms with Crippen LogP contribution in [0.1, 0.15) is 41.0 Å². The van der Waals surface area contributed by atoms with E-state index in [1.54, 1.807) is 0 Å². The lowest BCUT2D eigenvalue weighted by Crippen LogP contribution is -2.42. The van der Waals surface area contributed by atoms with Gasteiger partial charge in [0.05, 0.1) is 5.69 Å². The summed E-state index contributed by atoms with van der Waals surface area (Å²) in [4.78, 5) is 18.0. The van der Waals surface area contributed by atoms with Crippen molar-refractivity contribution in [2.24, 2.45) is 0 Å². The highest BCUT2D eigenvalue weighted by Gasteiger charge is 2.36. The Kier molecular flexibility index (Phi) is 4.02. The second-order valence-corrected chi connectivity index (χ2v) is 8.03. The maximum absolute atomic E-state index is 13.4. The minimum atomic E-state index is 0.123. The molecule has 6 rings (SSSR count). The summed E-state index contributed by atoms with van der Waals surface area (Å²) in [6.45, 7) is 4.04. The van der Waals surface area contributed by atoms with E-state index >= 15 is 0 Å². The van der Waals surface area contributed by atoms with Crippen molar-refractivity contribution in [2.75, 3.05) is 26.2 Å². The highest BCUT2D eigenvalue weighted by molar-refractivity contribution is 6.30. The number of fused-ring (bicyclic) bond motifs is 5. The molecule has 1 aromatic carbocycles. The number of carbonyl (C=O) groups is 1. The third-order valence-electron chi connectivity index (χ3n) is 6.10. The number of halogens is 1. The Morgan fingerprint density at radius 1 is 1.12 bits per heavy atom. The Balaban J connectivity index is 1.53. The van der Waals surface area contributed by atoms with Gasteiger partial charge in [-0.15, -0.1) is 0 Å². The van der Waals surface area contributed by atoms with Crippen LogP contribution in [0, 0.1) is 0 Å². The largest absolute Gasteiger partial charge is 0.333 e. The molecule has 5 nitrogen and oxygen atoms in total. The number of amides is 1. The summed E-state index contributed by atoms with van der Waals surface area (Å²) in [5, 5.41) is 5.48. The van der Waals surface area contributed by atoms with Gasteiger partial charge in [-0.05, 0) is 50.3 Å². The maximum Gasteiger partial charge on any atom is 0.274 e. The van der Waals surface area contributed by atoms with E-state index in [2.05, 4.69) is 9.80 Å². The summed E-state index contributed by atoms with van der Waals surface area (Å²) in [6.07, 6.45) is 5.18. The van der Waals surface area contributed by atoms with Crippen molar-refractivity contribution in [3.05, 3.63) is 46.2 Å². The fourth-order valence-electron chi connectivity index (χ4n) is 4.72. The number of hydrogen-bond acceptors (Lipinski definition) is 3. The van der Waals surface area contributed by atoms with Crippen molar-refractivity contribution in [3.63, 3.8) is 0 Å². The highest BCUT2D eigenvalue weighted by Crippen LogP contribution is 2.31. The fraction of sp³-hybridized carbons (Fsp3) is 0.500. The molecule has 4 heterocycles. The lowest BCUT2D eigenvalue weighted by Gasteiger charge is -2.31. The molecule has 0 radical (unpaired) electrons. The number of aromatic nitrogens is 2. The van der Waals surface area contributed by atoms with Crippen LogP contribution in [0.2, 0.25) is 5.02 Å². The molecular weight excluding hydrogens is 348 g/mol. The van der Waals surface area contributed by atoms with E-state index in [0.717, 1.165) is 69.5 Å². The first-order valence-corrected chi connectivity index (χ1v) is 9.98. The SMILES string of the molecule is O=C(c1nn(-c2cccc(Cl)c2)c2c1CCC2)N1CCN2CCC1CC2. The summed E-state index contributed by atoms with van der Waals surface area (Å²) in [6, 6.07) is 8.09. The van der Waals surface area contributed by atoms with Gasteiger partial charge in [0.2, 0.25) is 0 Å². The van der Waals surface area contributed by atoms with E-state index < -0.39 is 0 Å². The predicted molar refractivity (Wildman–Crippen MR) is 101 cm³/mol. The normalized spacial score (nSPS) is 24.6. The van der Waals surface area contributed by atoms with Crippen molar-refractivity contribution < 1.29 is 4.79 Å². The second-order valence-electron chi connectivity index (χ2n) is 7.59. The summed E-state index contributed by atoms with van der Waals surface area (Å²) < 4.78 is 1.94. The predicted octanol–water partition coefficient (Wildman–Crippen LogP) is 2.93. The van der Waals surface area contributed by atoms with Crippen LogP contribution in [0.3, 0.4) is 0 Å². The molecule has 3 saturated heterocycles. The molecule has 0 spiro atoms. The molecular formula is C20H23ClN4O. The van der Waals surface area contributed by atoms with Crippen molar-refractivity contribution in [1.29, 1.82) is 0 Å². The van der Waals surface area contributed by atoms with Crippen LogP contribution < -0.4 is 0 Å². The average molecular weight is 371 g/mol. The van der Waals surface area contributed by atoms with Crippen LogP contribution in [0.5, 0.6) is 0 Å². The fourth-order valence-corrected chi connectivity index (χ4v) is 4.90. The van der Waals surface area contributed by atoms with E-state index in [1.165, 1.54) is 5.69 Å². The first kappa shape index (κ1) is 16.3. The molecule has 0 saturated carbocycles. The van der Waals surface area contributed by atoms with Crippen LogP contribution in [-0.4, -0.2) is 57.7 Å². The molecule has 0 N–H and O–H groups in total. The quantitative estimate of drug-likeness (QED) is 0.816. The Hall–Kier alpha value is -1.85. The van der Waals surface area contributed by atoms with E-state index in [1.807, 2.05) is 28.9 Å². The Labute approximate surface area is 158 Å². The van der Waals surface area contributed by atoms with Gasteiger partial charge < -0.3 is 9.80 Å². The zero-order valence-electron chi connectivity index (χ0n) is 14.8. The van der Waals surface area contributed by atoms with Gasteiger partial charge in [-0.1, -0.05) is 17.7 Å². The average Bonchev–Trinajstić information content (AvgIpc) is 3.13. The first-order chi connectivity index (χ1) is 12.7.